The maximum Gasteiger partial charge on any atom is 0.231 e. The molecule has 0 saturated heterocycles. The predicted molar refractivity (Wildman–Crippen MR) is 87.6 cm³/mol. The minimum Gasteiger partial charge on any atom is -0.454 e. The lowest BCUT2D eigenvalue weighted by Crippen LogP contribution is -1.96. The lowest BCUT2D eigenvalue weighted by atomic mass is 10.1. The van der Waals surface area contributed by atoms with Crippen LogP contribution >= 0.6 is 0 Å². The summed E-state index contributed by atoms with van der Waals surface area (Å²) < 4.78 is 10.9. The Kier molecular flexibility index (Phi) is 2.58. The molecule has 6 nitrogen and oxygen atoms in total. The Bertz CT molecular complexity index is 926. The van der Waals surface area contributed by atoms with Crippen LogP contribution < -0.4 is 20.1 Å². The number of aromatic nitrogens is 2. The summed E-state index contributed by atoms with van der Waals surface area (Å²) in [5.74, 6) is 2.22. The van der Waals surface area contributed by atoms with Crippen molar-refractivity contribution in [2.45, 2.75) is 6.42 Å². The first kappa shape index (κ1) is 12.5. The molecule has 0 fully saturated rings. The van der Waals surface area contributed by atoms with Crippen LogP contribution in [0.4, 0.5) is 17.2 Å². The standard InChI is InChI=1S/C17H14N4O2/c1-2-13-10(3-4-18-13)5-11(1)21-17-12-6-15-16(23-9-22-15)7-14(12)19-8-20-17/h1-2,5-8,18H,3-4,9H2,(H,19,20,21). The quantitative estimate of drug-likeness (QED) is 0.758. The lowest BCUT2D eigenvalue weighted by Gasteiger charge is -2.10. The van der Waals surface area contributed by atoms with Crippen molar-refractivity contribution in [3.05, 3.63) is 42.2 Å². The molecule has 0 unspecified atom stereocenters. The Morgan fingerprint density at radius 3 is 2.91 bits per heavy atom. The number of hydrogen-bond donors (Lipinski definition) is 2. The second kappa shape index (κ2) is 4.74. The van der Waals surface area contributed by atoms with Gasteiger partial charge in [-0.15, -0.1) is 0 Å². The van der Waals surface area contributed by atoms with E-state index < -0.39 is 0 Å². The molecule has 0 aliphatic carbocycles. The van der Waals surface area contributed by atoms with Gasteiger partial charge in [-0.25, -0.2) is 9.97 Å². The number of hydrogen-bond acceptors (Lipinski definition) is 6. The molecule has 0 bridgehead atoms. The van der Waals surface area contributed by atoms with E-state index in [1.807, 2.05) is 12.1 Å². The molecule has 0 saturated carbocycles. The minimum atomic E-state index is 0.250. The van der Waals surface area contributed by atoms with Crippen LogP contribution in [0.25, 0.3) is 10.9 Å². The number of nitrogens with zero attached hydrogens (tertiary/aromatic N) is 2. The Balaban J connectivity index is 1.57. The second-order valence-corrected chi connectivity index (χ2v) is 5.62. The highest BCUT2D eigenvalue weighted by Gasteiger charge is 2.17. The molecule has 2 aliphatic rings. The van der Waals surface area contributed by atoms with Crippen LogP contribution in [0.1, 0.15) is 5.56 Å². The fourth-order valence-corrected chi connectivity index (χ4v) is 3.07. The maximum absolute atomic E-state index is 5.46. The Hall–Kier alpha value is -3.02. The predicted octanol–water partition coefficient (Wildman–Crippen LogP) is 3.07. The topological polar surface area (TPSA) is 68.3 Å². The number of fused-ring (bicyclic) bond motifs is 3. The van der Waals surface area contributed by atoms with E-state index in [4.69, 9.17) is 9.47 Å². The molecule has 0 amide bonds. The van der Waals surface area contributed by atoms with Crippen molar-refractivity contribution < 1.29 is 9.47 Å². The molecule has 3 aromatic rings. The van der Waals surface area contributed by atoms with Gasteiger partial charge in [0, 0.05) is 29.4 Å². The summed E-state index contributed by atoms with van der Waals surface area (Å²) in [6, 6.07) is 10.1. The van der Waals surface area contributed by atoms with Crippen molar-refractivity contribution in [1.29, 1.82) is 0 Å². The van der Waals surface area contributed by atoms with Crippen molar-refractivity contribution >= 4 is 28.1 Å². The summed E-state index contributed by atoms with van der Waals surface area (Å²) in [5.41, 5.74) is 4.39. The van der Waals surface area contributed by atoms with Gasteiger partial charge in [-0.3, -0.25) is 0 Å². The SMILES string of the molecule is c1nc(Nc2ccc3c(c2)CCN3)c2cc3c(cc2n1)OCO3. The van der Waals surface area contributed by atoms with Crippen LogP contribution in [-0.2, 0) is 6.42 Å². The maximum atomic E-state index is 5.46. The van der Waals surface area contributed by atoms with E-state index in [0.29, 0.717) is 0 Å². The monoisotopic (exact) mass is 306 g/mol. The van der Waals surface area contributed by atoms with Gasteiger partial charge in [-0.2, -0.15) is 0 Å². The van der Waals surface area contributed by atoms with E-state index in [9.17, 15) is 0 Å². The van der Waals surface area contributed by atoms with E-state index in [1.54, 1.807) is 6.33 Å². The molecular formula is C17H14N4O2. The summed E-state index contributed by atoms with van der Waals surface area (Å²) in [5, 5.41) is 7.67. The van der Waals surface area contributed by atoms with Crippen LogP contribution in [0, 0.1) is 0 Å². The molecule has 23 heavy (non-hydrogen) atoms. The summed E-state index contributed by atoms with van der Waals surface area (Å²) in [7, 11) is 0. The third-order valence-corrected chi connectivity index (χ3v) is 4.21. The average Bonchev–Trinajstić information content (AvgIpc) is 3.21. The molecule has 2 aromatic carbocycles. The number of anilines is 3. The van der Waals surface area contributed by atoms with Gasteiger partial charge < -0.3 is 20.1 Å². The molecule has 6 heteroatoms. The Labute approximate surface area is 132 Å². The summed E-state index contributed by atoms with van der Waals surface area (Å²) >= 11 is 0. The molecule has 0 spiro atoms. The van der Waals surface area contributed by atoms with Gasteiger partial charge in [0.25, 0.3) is 0 Å². The first-order chi connectivity index (χ1) is 11.4. The Morgan fingerprint density at radius 1 is 1.04 bits per heavy atom. The van der Waals surface area contributed by atoms with Crippen molar-refractivity contribution in [1.82, 2.24) is 9.97 Å². The fourth-order valence-electron chi connectivity index (χ4n) is 3.07. The van der Waals surface area contributed by atoms with Gasteiger partial charge >= 0.3 is 0 Å². The van der Waals surface area contributed by atoms with Crippen LogP contribution in [0.5, 0.6) is 11.5 Å². The lowest BCUT2D eigenvalue weighted by molar-refractivity contribution is 0.174. The van der Waals surface area contributed by atoms with Crippen LogP contribution in [0.15, 0.2) is 36.7 Å². The van der Waals surface area contributed by atoms with E-state index in [-0.39, 0.29) is 6.79 Å². The number of ether oxygens (including phenoxy) is 2. The van der Waals surface area contributed by atoms with Crippen LogP contribution in [0.3, 0.4) is 0 Å². The molecule has 2 aliphatic heterocycles. The van der Waals surface area contributed by atoms with Crippen molar-refractivity contribution in [2.75, 3.05) is 24.0 Å². The summed E-state index contributed by atoms with van der Waals surface area (Å²) in [6.07, 6.45) is 2.61. The molecular weight excluding hydrogens is 292 g/mol. The van der Waals surface area contributed by atoms with Gasteiger partial charge in [0.05, 0.1) is 5.52 Å². The largest absolute Gasteiger partial charge is 0.454 e. The molecule has 114 valence electrons. The van der Waals surface area contributed by atoms with Gasteiger partial charge in [0.1, 0.15) is 12.1 Å². The Morgan fingerprint density at radius 2 is 1.96 bits per heavy atom. The third-order valence-electron chi connectivity index (χ3n) is 4.21. The van der Waals surface area contributed by atoms with Crippen molar-refractivity contribution in [2.24, 2.45) is 0 Å². The third kappa shape index (κ3) is 2.03. The van der Waals surface area contributed by atoms with Gasteiger partial charge in [0.2, 0.25) is 6.79 Å². The highest BCUT2D eigenvalue weighted by Crippen LogP contribution is 2.37. The second-order valence-electron chi connectivity index (χ2n) is 5.62. The zero-order valence-electron chi connectivity index (χ0n) is 12.3. The zero-order chi connectivity index (χ0) is 15.2. The van der Waals surface area contributed by atoms with Crippen LogP contribution in [-0.4, -0.2) is 23.3 Å². The van der Waals surface area contributed by atoms with Crippen molar-refractivity contribution in [3.8, 4) is 11.5 Å². The summed E-state index contributed by atoms with van der Waals surface area (Å²) in [4.78, 5) is 8.71. The molecule has 1 aromatic heterocycles. The number of nitrogens with one attached hydrogen (secondary N) is 2. The van der Waals surface area contributed by atoms with E-state index in [0.717, 1.165) is 46.9 Å². The van der Waals surface area contributed by atoms with Crippen LogP contribution in [0.2, 0.25) is 0 Å². The summed E-state index contributed by atoms with van der Waals surface area (Å²) in [6.45, 7) is 1.25. The number of benzene rings is 2. The molecule has 2 N–H and O–H groups in total. The smallest absolute Gasteiger partial charge is 0.231 e. The average molecular weight is 306 g/mol. The van der Waals surface area contributed by atoms with Gasteiger partial charge in [-0.05, 0) is 36.2 Å². The molecule has 5 rings (SSSR count). The molecule has 0 atom stereocenters. The highest BCUT2D eigenvalue weighted by atomic mass is 16.7. The van der Waals surface area contributed by atoms with E-state index >= 15 is 0 Å². The van der Waals surface area contributed by atoms with E-state index in [2.05, 4.69) is 38.8 Å². The fraction of sp³-hybridized carbons (Fsp3) is 0.176. The van der Waals surface area contributed by atoms with Gasteiger partial charge in [-0.1, -0.05) is 0 Å². The van der Waals surface area contributed by atoms with Crippen molar-refractivity contribution in [3.63, 3.8) is 0 Å². The molecule has 0 radical (unpaired) electrons. The first-order valence-corrected chi connectivity index (χ1v) is 7.55. The minimum absolute atomic E-state index is 0.250. The zero-order valence-corrected chi connectivity index (χ0v) is 12.3. The first-order valence-electron chi connectivity index (χ1n) is 7.55. The van der Waals surface area contributed by atoms with Gasteiger partial charge in [0.15, 0.2) is 11.5 Å². The molecule has 3 heterocycles. The normalized spacial score (nSPS) is 14.6. The van der Waals surface area contributed by atoms with E-state index in [1.165, 1.54) is 11.3 Å². The number of rotatable bonds is 2. The highest BCUT2D eigenvalue weighted by molar-refractivity contribution is 5.93.